The number of benzene rings is 1. The molecule has 0 aromatic heterocycles. The molecule has 0 fully saturated rings. The Morgan fingerprint density at radius 2 is 1.92 bits per heavy atom. The highest BCUT2D eigenvalue weighted by Crippen LogP contribution is 2.09. The molecule has 1 aromatic carbocycles. The van der Waals surface area contributed by atoms with Gasteiger partial charge >= 0.3 is 0 Å². The summed E-state index contributed by atoms with van der Waals surface area (Å²) in [6.07, 6.45) is 2.34. The first-order valence-corrected chi connectivity index (χ1v) is 9.65. The smallest absolute Gasteiger partial charge is 0.251 e. The molecule has 5 nitrogen and oxygen atoms in total. The lowest BCUT2D eigenvalue weighted by Gasteiger charge is -2.20. The lowest BCUT2D eigenvalue weighted by atomic mass is 10.1. The van der Waals surface area contributed by atoms with Crippen molar-refractivity contribution in [2.45, 2.75) is 66.5 Å². The summed E-state index contributed by atoms with van der Waals surface area (Å²) < 4.78 is 0. The van der Waals surface area contributed by atoms with E-state index in [1.165, 1.54) is 6.42 Å². The van der Waals surface area contributed by atoms with Gasteiger partial charge in [0, 0.05) is 24.2 Å². The zero-order valence-electron chi connectivity index (χ0n) is 17.3. The van der Waals surface area contributed by atoms with Crippen molar-refractivity contribution in [3.8, 4) is 0 Å². The number of hydrogen-bond acceptors (Lipinski definition) is 2. The van der Waals surface area contributed by atoms with Crippen LogP contribution in [-0.4, -0.2) is 30.5 Å². The van der Waals surface area contributed by atoms with E-state index in [0.717, 1.165) is 37.0 Å². The molecule has 0 heterocycles. The molecule has 1 amide bonds. The largest absolute Gasteiger partial charge is 0.357 e. The summed E-state index contributed by atoms with van der Waals surface area (Å²) in [5.41, 5.74) is 1.44. The molecule has 0 aliphatic rings. The summed E-state index contributed by atoms with van der Waals surface area (Å²) in [4.78, 5) is 16.9. The van der Waals surface area contributed by atoms with Gasteiger partial charge in [-0.1, -0.05) is 26.0 Å². The highest BCUT2D eigenvalue weighted by Gasteiger charge is 2.15. The first-order chi connectivity index (χ1) is 12.2. The highest BCUT2D eigenvalue weighted by atomic mass is 16.1. The summed E-state index contributed by atoms with van der Waals surface area (Å²) in [6.45, 7) is 14.7. The second kappa shape index (κ2) is 10.8. The van der Waals surface area contributed by atoms with Crippen molar-refractivity contribution in [3.05, 3.63) is 35.4 Å². The SMILES string of the molecule is CCNC(=NCc1cccc(C(=O)NC(C)(C)C)c1)NCCCC(C)C. The Hall–Kier alpha value is -2.04. The second-order valence-electron chi connectivity index (χ2n) is 8.06. The number of hydrogen-bond donors (Lipinski definition) is 3. The van der Waals surface area contributed by atoms with Crippen LogP contribution >= 0.6 is 0 Å². The van der Waals surface area contributed by atoms with Crippen LogP contribution in [0.4, 0.5) is 0 Å². The van der Waals surface area contributed by atoms with Crippen molar-refractivity contribution in [2.75, 3.05) is 13.1 Å². The maximum Gasteiger partial charge on any atom is 0.251 e. The van der Waals surface area contributed by atoms with E-state index in [-0.39, 0.29) is 11.4 Å². The van der Waals surface area contributed by atoms with Gasteiger partial charge in [-0.15, -0.1) is 0 Å². The first-order valence-electron chi connectivity index (χ1n) is 9.65. The fourth-order valence-electron chi connectivity index (χ4n) is 2.45. The van der Waals surface area contributed by atoms with Crippen LogP contribution in [0.15, 0.2) is 29.3 Å². The van der Waals surface area contributed by atoms with E-state index >= 15 is 0 Å². The van der Waals surface area contributed by atoms with Gasteiger partial charge in [-0.25, -0.2) is 4.99 Å². The van der Waals surface area contributed by atoms with E-state index in [9.17, 15) is 4.79 Å². The molecular weight excluding hydrogens is 324 g/mol. The molecular formula is C21H36N4O. The predicted molar refractivity (Wildman–Crippen MR) is 111 cm³/mol. The van der Waals surface area contributed by atoms with Gasteiger partial charge in [0.2, 0.25) is 0 Å². The van der Waals surface area contributed by atoms with Gasteiger partial charge in [-0.05, 0) is 64.2 Å². The van der Waals surface area contributed by atoms with Crippen LogP contribution in [0, 0.1) is 5.92 Å². The third-order valence-corrected chi connectivity index (χ3v) is 3.69. The zero-order chi connectivity index (χ0) is 19.6. The zero-order valence-corrected chi connectivity index (χ0v) is 17.3. The molecule has 0 bridgehead atoms. The van der Waals surface area contributed by atoms with Crippen LogP contribution in [0.3, 0.4) is 0 Å². The van der Waals surface area contributed by atoms with Crippen LogP contribution in [0.1, 0.15) is 70.3 Å². The van der Waals surface area contributed by atoms with Crippen LogP contribution in [0.25, 0.3) is 0 Å². The van der Waals surface area contributed by atoms with Crippen molar-refractivity contribution >= 4 is 11.9 Å². The number of carbonyl (C=O) groups excluding carboxylic acids is 1. The molecule has 1 rings (SSSR count). The van der Waals surface area contributed by atoms with Crippen molar-refractivity contribution in [2.24, 2.45) is 10.9 Å². The standard InChI is InChI=1S/C21H36N4O/c1-7-22-20(23-13-9-10-16(2)3)24-15-17-11-8-12-18(14-17)19(26)25-21(4,5)6/h8,11-12,14,16H,7,9-10,13,15H2,1-6H3,(H,25,26)(H2,22,23,24). The van der Waals surface area contributed by atoms with Crippen LogP contribution in [0.5, 0.6) is 0 Å². The van der Waals surface area contributed by atoms with Crippen molar-refractivity contribution in [1.82, 2.24) is 16.0 Å². The molecule has 0 saturated carbocycles. The van der Waals surface area contributed by atoms with Crippen LogP contribution in [-0.2, 0) is 6.54 Å². The Kier molecular flexibility index (Phi) is 9.17. The number of nitrogens with zero attached hydrogens (tertiary/aromatic N) is 1. The van der Waals surface area contributed by atoms with Gasteiger partial charge in [0.15, 0.2) is 5.96 Å². The summed E-state index contributed by atoms with van der Waals surface area (Å²) in [5, 5.41) is 9.64. The minimum Gasteiger partial charge on any atom is -0.357 e. The third kappa shape index (κ3) is 9.44. The number of amides is 1. The average Bonchev–Trinajstić information content (AvgIpc) is 2.55. The number of guanidine groups is 1. The van der Waals surface area contributed by atoms with E-state index in [1.807, 2.05) is 45.0 Å². The van der Waals surface area contributed by atoms with Crippen LogP contribution < -0.4 is 16.0 Å². The van der Waals surface area contributed by atoms with Gasteiger partial charge in [0.25, 0.3) is 5.91 Å². The minimum absolute atomic E-state index is 0.0537. The molecule has 0 unspecified atom stereocenters. The van der Waals surface area contributed by atoms with Gasteiger partial charge in [0.05, 0.1) is 6.54 Å². The maximum absolute atomic E-state index is 12.3. The summed E-state index contributed by atoms with van der Waals surface area (Å²) in [6, 6.07) is 7.65. The Morgan fingerprint density at radius 3 is 2.54 bits per heavy atom. The molecule has 26 heavy (non-hydrogen) atoms. The van der Waals surface area contributed by atoms with E-state index in [4.69, 9.17) is 0 Å². The molecule has 146 valence electrons. The number of aliphatic imine (C=N–C) groups is 1. The van der Waals surface area contributed by atoms with Gasteiger partial charge < -0.3 is 16.0 Å². The van der Waals surface area contributed by atoms with E-state index in [1.54, 1.807) is 0 Å². The van der Waals surface area contributed by atoms with E-state index < -0.39 is 0 Å². The van der Waals surface area contributed by atoms with E-state index in [0.29, 0.717) is 12.1 Å². The maximum atomic E-state index is 12.3. The van der Waals surface area contributed by atoms with E-state index in [2.05, 4.69) is 41.7 Å². The van der Waals surface area contributed by atoms with Gasteiger partial charge in [0.1, 0.15) is 0 Å². The summed E-state index contributed by atoms with van der Waals surface area (Å²) >= 11 is 0. The predicted octanol–water partition coefficient (Wildman–Crippen LogP) is 3.71. The molecule has 0 spiro atoms. The quantitative estimate of drug-likeness (QED) is 0.376. The molecule has 0 aliphatic heterocycles. The van der Waals surface area contributed by atoms with Gasteiger partial charge in [-0.2, -0.15) is 0 Å². The lowest BCUT2D eigenvalue weighted by Crippen LogP contribution is -2.40. The number of rotatable bonds is 8. The third-order valence-electron chi connectivity index (χ3n) is 3.69. The lowest BCUT2D eigenvalue weighted by molar-refractivity contribution is 0.0919. The number of nitrogens with one attached hydrogen (secondary N) is 3. The molecule has 1 aromatic rings. The molecule has 0 atom stereocenters. The minimum atomic E-state index is -0.247. The Labute approximate surface area is 159 Å². The summed E-state index contributed by atoms with van der Waals surface area (Å²) in [7, 11) is 0. The van der Waals surface area contributed by atoms with Crippen LogP contribution in [0.2, 0.25) is 0 Å². The highest BCUT2D eigenvalue weighted by molar-refractivity contribution is 5.94. The number of carbonyl (C=O) groups is 1. The second-order valence-corrected chi connectivity index (χ2v) is 8.06. The monoisotopic (exact) mass is 360 g/mol. The Balaban J connectivity index is 2.68. The normalized spacial score (nSPS) is 12.2. The topological polar surface area (TPSA) is 65.5 Å². The fourth-order valence-corrected chi connectivity index (χ4v) is 2.45. The fraction of sp³-hybridized carbons (Fsp3) is 0.619. The first kappa shape index (κ1) is 22.0. The molecule has 0 radical (unpaired) electrons. The Bertz CT molecular complexity index is 588. The average molecular weight is 361 g/mol. The van der Waals surface area contributed by atoms with Gasteiger partial charge in [-0.3, -0.25) is 4.79 Å². The van der Waals surface area contributed by atoms with Crippen molar-refractivity contribution < 1.29 is 4.79 Å². The molecule has 5 heteroatoms. The van der Waals surface area contributed by atoms with Crippen molar-refractivity contribution in [3.63, 3.8) is 0 Å². The molecule has 0 aliphatic carbocycles. The molecule has 3 N–H and O–H groups in total. The molecule has 0 saturated heterocycles. The summed E-state index contributed by atoms with van der Waals surface area (Å²) in [5.74, 6) is 1.49. The van der Waals surface area contributed by atoms with Crippen molar-refractivity contribution in [1.29, 1.82) is 0 Å². The Morgan fingerprint density at radius 1 is 1.19 bits per heavy atom.